The molecule has 0 spiro atoms. The third kappa shape index (κ3) is 13.0. The van der Waals surface area contributed by atoms with Crippen LogP contribution < -0.4 is 5.32 Å². The van der Waals surface area contributed by atoms with E-state index in [-0.39, 0.29) is 78.6 Å². The largest absolute Gasteiger partial charge is 0.467 e. The molecule has 6 atom stereocenters. The Balaban J connectivity index is 1.85. The molecule has 1 aliphatic rings. The van der Waals surface area contributed by atoms with E-state index < -0.39 is 42.0 Å². The van der Waals surface area contributed by atoms with Gasteiger partial charge in [-0.1, -0.05) is 84.7 Å². The first-order valence-electron chi connectivity index (χ1n) is 18.9. The average molecular weight is 757 g/mol. The van der Waals surface area contributed by atoms with Gasteiger partial charge in [0.15, 0.2) is 12.5 Å². The molecule has 0 saturated carbocycles. The summed E-state index contributed by atoms with van der Waals surface area (Å²) in [5, 5.41) is 16.0. The highest BCUT2D eigenvalue weighted by molar-refractivity contribution is 7.09. The van der Waals surface area contributed by atoms with Crippen LogP contribution in [0.4, 0.5) is 0 Å². The summed E-state index contributed by atoms with van der Waals surface area (Å²) in [5.41, 5.74) is 0.873. The molecule has 0 unspecified atom stereocenters. The first-order chi connectivity index (χ1) is 25.2. The summed E-state index contributed by atoms with van der Waals surface area (Å²) in [4.78, 5) is 74.9. The Hall–Kier alpha value is -3.68. The number of carbonyl (C=O) groups excluding carboxylic acids is 5. The zero-order valence-corrected chi connectivity index (χ0v) is 33.5. The molecule has 2 N–H and O–H groups in total. The number of aliphatic hydroxyl groups is 1. The van der Waals surface area contributed by atoms with Crippen LogP contribution in [-0.4, -0.2) is 95.0 Å². The number of hydrogen-bond acceptors (Lipinski definition) is 11. The van der Waals surface area contributed by atoms with Crippen molar-refractivity contribution >= 4 is 40.9 Å². The fraction of sp³-hybridized carbons (Fsp3) is 0.650. The zero-order chi connectivity index (χ0) is 39.2. The third-order valence-corrected chi connectivity index (χ3v) is 11.1. The molecule has 0 radical (unpaired) electrons. The molecule has 1 saturated heterocycles. The summed E-state index contributed by atoms with van der Waals surface area (Å²) in [6, 6.07) is 7.46. The maximum Gasteiger partial charge on any atom is 0.328 e. The van der Waals surface area contributed by atoms with Crippen molar-refractivity contribution in [1.29, 1.82) is 0 Å². The molecule has 1 aromatic heterocycles. The van der Waals surface area contributed by atoms with E-state index in [1.165, 1.54) is 17.4 Å². The summed E-state index contributed by atoms with van der Waals surface area (Å²) >= 11 is 1.09. The van der Waals surface area contributed by atoms with Gasteiger partial charge in [-0.3, -0.25) is 24.1 Å². The number of benzene rings is 1. The van der Waals surface area contributed by atoms with Crippen LogP contribution in [0.3, 0.4) is 0 Å². The Labute approximate surface area is 319 Å². The molecule has 13 heteroatoms. The van der Waals surface area contributed by atoms with E-state index in [1.807, 2.05) is 78.9 Å². The minimum absolute atomic E-state index is 0.0330. The second kappa shape index (κ2) is 21.3. The number of amides is 2. The number of piperidine rings is 1. The molecule has 2 amide bonds. The number of rotatable bonds is 20. The predicted octanol–water partition coefficient (Wildman–Crippen LogP) is 5.59. The minimum atomic E-state index is -1.17. The second-order valence-electron chi connectivity index (χ2n) is 15.1. The van der Waals surface area contributed by atoms with Gasteiger partial charge in [0, 0.05) is 43.0 Å². The van der Waals surface area contributed by atoms with Crippen molar-refractivity contribution in [3.63, 3.8) is 0 Å². The van der Waals surface area contributed by atoms with Gasteiger partial charge in [0.2, 0.25) is 5.91 Å². The molecule has 3 rings (SSSR count). The molecule has 1 fully saturated rings. The molecule has 12 nitrogen and oxygen atoms in total. The van der Waals surface area contributed by atoms with E-state index in [1.54, 1.807) is 0 Å². The van der Waals surface area contributed by atoms with Crippen molar-refractivity contribution in [2.75, 3.05) is 27.4 Å². The molecule has 2 heterocycles. The Kier molecular flexibility index (Phi) is 17.5. The summed E-state index contributed by atoms with van der Waals surface area (Å²) in [5.74, 6) is -2.77. The van der Waals surface area contributed by atoms with Crippen LogP contribution in [0.15, 0.2) is 35.7 Å². The molecule has 2 aromatic rings. The van der Waals surface area contributed by atoms with E-state index in [9.17, 15) is 29.1 Å². The van der Waals surface area contributed by atoms with E-state index in [2.05, 4.69) is 15.2 Å². The van der Waals surface area contributed by atoms with Gasteiger partial charge < -0.3 is 24.8 Å². The van der Waals surface area contributed by atoms with Crippen molar-refractivity contribution in [3.05, 3.63) is 52.0 Å². The van der Waals surface area contributed by atoms with Crippen LogP contribution in [0, 0.1) is 23.7 Å². The molecular formula is C40H60N4O8S. The normalized spacial score (nSPS) is 17.8. The lowest BCUT2D eigenvalue weighted by Gasteiger charge is -2.39. The van der Waals surface area contributed by atoms with E-state index in [4.69, 9.17) is 9.47 Å². The van der Waals surface area contributed by atoms with Crippen molar-refractivity contribution < 1.29 is 38.6 Å². The van der Waals surface area contributed by atoms with Crippen LogP contribution in [-0.2, 0) is 35.1 Å². The van der Waals surface area contributed by atoms with Gasteiger partial charge in [-0.15, -0.1) is 11.3 Å². The topological polar surface area (TPSA) is 155 Å². The SMILES string of the molecule is CC[C@H](C)[C@H](CC(=O)[C@H]1CCCCN1C)C(=O)N(COC(=O)CC(C)C)[C@H](C[C@@H](O)c1nc(C(=O)N[C@@H](Cc2ccccc2)C(=O)OC)cs1)C(C)C. The van der Waals surface area contributed by atoms with Gasteiger partial charge in [0.05, 0.1) is 13.2 Å². The van der Waals surface area contributed by atoms with E-state index in [0.29, 0.717) is 6.42 Å². The average Bonchev–Trinajstić information content (AvgIpc) is 3.63. The van der Waals surface area contributed by atoms with Crippen LogP contribution in [0.1, 0.15) is 114 Å². The Bertz CT molecular complexity index is 1500. The number of Topliss-reactive ketones (excluding diaryl/α,β-unsaturated/α-hetero) is 1. The number of carbonyl (C=O) groups is 5. The van der Waals surface area contributed by atoms with Crippen LogP contribution in [0.2, 0.25) is 0 Å². The number of methoxy groups -OCH3 is 1. The summed E-state index contributed by atoms with van der Waals surface area (Å²) in [6.07, 6.45) is 2.80. The lowest BCUT2D eigenvalue weighted by Crippen LogP contribution is -2.50. The Morgan fingerprint density at radius 2 is 1.75 bits per heavy atom. The number of ether oxygens (including phenoxy) is 2. The molecular weight excluding hydrogens is 697 g/mol. The number of thiazole rings is 1. The molecule has 294 valence electrons. The number of likely N-dealkylation sites (N-methyl/N-ethyl adjacent to an activating group) is 1. The minimum Gasteiger partial charge on any atom is -0.467 e. The van der Waals surface area contributed by atoms with Crippen LogP contribution in [0.5, 0.6) is 0 Å². The number of esters is 2. The van der Waals surface area contributed by atoms with Crippen LogP contribution in [0.25, 0.3) is 0 Å². The third-order valence-electron chi connectivity index (χ3n) is 10.2. The summed E-state index contributed by atoms with van der Waals surface area (Å²) < 4.78 is 10.6. The number of aliphatic hydroxyl groups excluding tert-OH is 1. The highest BCUT2D eigenvalue weighted by Crippen LogP contribution is 2.32. The highest BCUT2D eigenvalue weighted by atomic mass is 32.1. The smallest absolute Gasteiger partial charge is 0.328 e. The van der Waals surface area contributed by atoms with Crippen molar-refractivity contribution in [2.24, 2.45) is 23.7 Å². The van der Waals surface area contributed by atoms with Gasteiger partial charge in [0.25, 0.3) is 5.91 Å². The van der Waals surface area contributed by atoms with E-state index >= 15 is 0 Å². The number of ketones is 1. The monoisotopic (exact) mass is 756 g/mol. The molecule has 53 heavy (non-hydrogen) atoms. The number of nitrogens with zero attached hydrogens (tertiary/aromatic N) is 3. The highest BCUT2D eigenvalue weighted by Gasteiger charge is 2.39. The fourth-order valence-electron chi connectivity index (χ4n) is 6.77. The van der Waals surface area contributed by atoms with E-state index in [0.717, 1.165) is 42.7 Å². The lowest BCUT2D eigenvalue weighted by molar-refractivity contribution is -0.161. The summed E-state index contributed by atoms with van der Waals surface area (Å²) in [6.45, 7) is 12.1. The Morgan fingerprint density at radius 1 is 1.06 bits per heavy atom. The number of aromatic nitrogens is 1. The van der Waals surface area contributed by atoms with Gasteiger partial charge >= 0.3 is 11.9 Å². The van der Waals surface area contributed by atoms with Crippen LogP contribution >= 0.6 is 11.3 Å². The van der Waals surface area contributed by atoms with Crippen molar-refractivity contribution in [1.82, 2.24) is 20.1 Å². The van der Waals surface area contributed by atoms with Crippen molar-refractivity contribution in [2.45, 2.75) is 117 Å². The first kappa shape index (κ1) is 43.7. The number of nitrogens with one attached hydrogen (secondary N) is 1. The van der Waals surface area contributed by atoms with Gasteiger partial charge in [-0.05, 0) is 49.8 Å². The maximum absolute atomic E-state index is 14.6. The molecule has 0 aliphatic carbocycles. The van der Waals surface area contributed by atoms with Gasteiger partial charge in [-0.2, -0.15) is 0 Å². The first-order valence-corrected chi connectivity index (χ1v) is 19.8. The second-order valence-corrected chi connectivity index (χ2v) is 16.0. The fourth-order valence-corrected chi connectivity index (χ4v) is 7.57. The lowest BCUT2D eigenvalue weighted by atomic mass is 9.82. The quantitative estimate of drug-likeness (QED) is 0.129. The zero-order valence-electron chi connectivity index (χ0n) is 32.7. The molecule has 1 aromatic carbocycles. The predicted molar refractivity (Wildman–Crippen MR) is 204 cm³/mol. The maximum atomic E-state index is 14.6. The van der Waals surface area contributed by atoms with Gasteiger partial charge in [-0.25, -0.2) is 9.78 Å². The van der Waals surface area contributed by atoms with Crippen molar-refractivity contribution in [3.8, 4) is 0 Å². The molecule has 0 bridgehead atoms. The number of hydrogen-bond donors (Lipinski definition) is 2. The molecule has 1 aliphatic heterocycles. The standard InChI is InChI=1S/C40H60N4O8S/c1-9-27(6)29(21-34(45)32-17-13-14-18-43(32)7)39(49)44(24-52-36(47)19-25(2)3)33(26(4)5)22-35(46)38-42-31(23-53-38)37(48)41-30(40(50)51-8)20-28-15-11-10-12-16-28/h10-12,15-16,23,25-27,29-30,32-33,35,46H,9,13-14,17-22,24H2,1-8H3,(H,41,48)/t27-,29-,30-,32+,33+,35+/m0/s1. The Morgan fingerprint density at radius 3 is 2.36 bits per heavy atom. The van der Waals surface area contributed by atoms with Gasteiger partial charge in [0.1, 0.15) is 22.8 Å². The number of likely N-dealkylation sites (tertiary alicyclic amines) is 1. The summed E-state index contributed by atoms with van der Waals surface area (Å²) in [7, 11) is 3.21.